The number of non-ortho nitro benzene ring substituents is 1. The van der Waals surface area contributed by atoms with Gasteiger partial charge in [-0.3, -0.25) is 19.7 Å². The van der Waals surface area contributed by atoms with E-state index in [-0.39, 0.29) is 29.9 Å². The molecule has 142 valence electrons. The number of nitrogens with one attached hydrogen (secondary N) is 1. The Labute approximate surface area is 164 Å². The molecule has 0 aliphatic rings. The van der Waals surface area contributed by atoms with Gasteiger partial charge in [0, 0.05) is 40.9 Å². The van der Waals surface area contributed by atoms with Crippen LogP contribution in [0.5, 0.6) is 0 Å². The number of amides is 1. The van der Waals surface area contributed by atoms with Gasteiger partial charge >= 0.3 is 0 Å². The van der Waals surface area contributed by atoms with E-state index in [1.165, 1.54) is 35.0 Å². The van der Waals surface area contributed by atoms with Gasteiger partial charge in [0.1, 0.15) is 0 Å². The number of hydrogen-bond donors (Lipinski definition) is 1. The van der Waals surface area contributed by atoms with Crippen molar-refractivity contribution in [2.24, 2.45) is 0 Å². The van der Waals surface area contributed by atoms with Crippen LogP contribution in [0.15, 0.2) is 65.5 Å². The predicted molar refractivity (Wildman–Crippen MR) is 104 cm³/mol. The third-order valence-electron chi connectivity index (χ3n) is 3.93. The van der Waals surface area contributed by atoms with Gasteiger partial charge in [-0.25, -0.2) is 4.68 Å². The maximum absolute atomic E-state index is 12.2. The first kappa shape index (κ1) is 19.2. The van der Waals surface area contributed by atoms with Gasteiger partial charge in [0.05, 0.1) is 17.2 Å². The van der Waals surface area contributed by atoms with Crippen molar-refractivity contribution in [3.05, 3.63) is 91.7 Å². The largest absolute Gasteiger partial charge is 0.350 e. The summed E-state index contributed by atoms with van der Waals surface area (Å²) in [4.78, 5) is 34.4. The van der Waals surface area contributed by atoms with E-state index in [1.807, 2.05) is 0 Å². The number of nitrogens with zero attached hydrogens (tertiary/aromatic N) is 3. The molecule has 0 saturated heterocycles. The Bertz CT molecular complexity index is 1080. The lowest BCUT2D eigenvalue weighted by Crippen LogP contribution is -2.32. The molecule has 1 amide bonds. The van der Waals surface area contributed by atoms with Gasteiger partial charge < -0.3 is 5.32 Å². The Hall–Kier alpha value is -3.52. The van der Waals surface area contributed by atoms with Gasteiger partial charge in [-0.2, -0.15) is 5.10 Å². The first-order valence-corrected chi connectivity index (χ1v) is 8.68. The van der Waals surface area contributed by atoms with Crippen LogP contribution in [0.1, 0.15) is 10.4 Å². The van der Waals surface area contributed by atoms with Gasteiger partial charge in [-0.05, 0) is 24.3 Å². The normalized spacial score (nSPS) is 10.5. The topological polar surface area (TPSA) is 107 Å². The van der Waals surface area contributed by atoms with Gasteiger partial charge in [-0.1, -0.05) is 29.8 Å². The molecule has 28 heavy (non-hydrogen) atoms. The molecule has 3 rings (SSSR count). The van der Waals surface area contributed by atoms with E-state index in [0.29, 0.717) is 10.7 Å². The fraction of sp³-hybridized carbons (Fsp3) is 0.105. The lowest BCUT2D eigenvalue weighted by atomic mass is 10.1. The van der Waals surface area contributed by atoms with E-state index < -0.39 is 10.8 Å². The minimum Gasteiger partial charge on any atom is -0.350 e. The van der Waals surface area contributed by atoms with Crippen molar-refractivity contribution in [1.29, 1.82) is 0 Å². The van der Waals surface area contributed by atoms with Crippen LogP contribution in [0.4, 0.5) is 5.69 Å². The average molecular weight is 399 g/mol. The van der Waals surface area contributed by atoms with Crippen molar-refractivity contribution >= 4 is 23.2 Å². The molecule has 3 aromatic rings. The molecule has 0 bridgehead atoms. The Kier molecular flexibility index (Phi) is 5.81. The summed E-state index contributed by atoms with van der Waals surface area (Å²) in [6.07, 6.45) is 0. The zero-order chi connectivity index (χ0) is 20.1. The minimum atomic E-state index is -0.567. The van der Waals surface area contributed by atoms with Crippen LogP contribution >= 0.6 is 11.6 Å². The molecule has 1 heterocycles. The van der Waals surface area contributed by atoms with Crippen LogP contribution in [0.25, 0.3) is 11.3 Å². The van der Waals surface area contributed by atoms with Gasteiger partial charge in [0.2, 0.25) is 0 Å². The van der Waals surface area contributed by atoms with E-state index in [2.05, 4.69) is 10.4 Å². The van der Waals surface area contributed by atoms with Crippen molar-refractivity contribution in [1.82, 2.24) is 15.1 Å². The molecule has 0 saturated carbocycles. The van der Waals surface area contributed by atoms with Crippen LogP contribution in [-0.2, 0) is 6.54 Å². The van der Waals surface area contributed by atoms with Crippen LogP contribution in [0.2, 0.25) is 5.02 Å². The van der Waals surface area contributed by atoms with Gasteiger partial charge in [0.25, 0.3) is 17.2 Å². The minimum absolute atomic E-state index is 0.137. The number of aromatic nitrogens is 2. The number of nitro benzene ring substituents is 1. The smallest absolute Gasteiger partial charge is 0.270 e. The van der Waals surface area contributed by atoms with E-state index >= 15 is 0 Å². The molecular weight excluding hydrogens is 384 g/mol. The summed E-state index contributed by atoms with van der Waals surface area (Å²) in [6, 6.07) is 15.5. The third-order valence-corrected chi connectivity index (χ3v) is 4.19. The summed E-state index contributed by atoms with van der Waals surface area (Å²) >= 11 is 5.88. The molecule has 1 aromatic heterocycles. The maximum Gasteiger partial charge on any atom is 0.270 e. The molecule has 2 aromatic carbocycles. The van der Waals surface area contributed by atoms with E-state index in [1.54, 1.807) is 30.3 Å². The van der Waals surface area contributed by atoms with Crippen molar-refractivity contribution in [2.45, 2.75) is 6.54 Å². The third kappa shape index (κ3) is 4.60. The van der Waals surface area contributed by atoms with E-state index in [0.717, 1.165) is 5.56 Å². The number of hydrogen-bond acceptors (Lipinski definition) is 5. The van der Waals surface area contributed by atoms with Crippen molar-refractivity contribution in [3.63, 3.8) is 0 Å². The Morgan fingerprint density at radius 2 is 1.89 bits per heavy atom. The summed E-state index contributed by atoms with van der Waals surface area (Å²) in [5.74, 6) is -0.467. The first-order valence-electron chi connectivity index (χ1n) is 8.31. The molecule has 9 heteroatoms. The summed E-state index contributed by atoms with van der Waals surface area (Å²) < 4.78 is 1.25. The Morgan fingerprint density at radius 3 is 2.61 bits per heavy atom. The maximum atomic E-state index is 12.2. The molecule has 0 aliphatic heterocycles. The zero-order valence-electron chi connectivity index (χ0n) is 14.5. The molecule has 0 aliphatic carbocycles. The number of carbonyl (C=O) groups excluding carboxylic acids is 1. The lowest BCUT2D eigenvalue weighted by Gasteiger charge is -2.09. The highest BCUT2D eigenvalue weighted by molar-refractivity contribution is 6.30. The van der Waals surface area contributed by atoms with Gasteiger partial charge in [-0.15, -0.1) is 0 Å². The number of rotatable bonds is 6. The second-order valence-corrected chi connectivity index (χ2v) is 6.29. The molecule has 1 N–H and O–H groups in total. The van der Waals surface area contributed by atoms with Crippen LogP contribution in [-0.4, -0.2) is 27.2 Å². The Balaban J connectivity index is 1.67. The number of halogens is 1. The SMILES string of the molecule is O=C(NCCn1nc(-c2ccc(Cl)cc2)ccc1=O)c1cccc([N+](=O)[O-])c1. The monoisotopic (exact) mass is 398 g/mol. The fourth-order valence-electron chi connectivity index (χ4n) is 2.52. The van der Waals surface area contributed by atoms with Crippen molar-refractivity contribution in [3.8, 4) is 11.3 Å². The highest BCUT2D eigenvalue weighted by Gasteiger charge is 2.11. The molecule has 0 spiro atoms. The molecule has 8 nitrogen and oxygen atoms in total. The number of nitro groups is 1. The predicted octanol–water partition coefficient (Wildman–Crippen LogP) is 2.90. The first-order chi connectivity index (χ1) is 13.4. The van der Waals surface area contributed by atoms with Crippen molar-refractivity contribution in [2.75, 3.05) is 6.54 Å². The highest BCUT2D eigenvalue weighted by Crippen LogP contribution is 2.18. The lowest BCUT2D eigenvalue weighted by molar-refractivity contribution is -0.384. The van der Waals surface area contributed by atoms with Crippen LogP contribution in [0, 0.1) is 10.1 Å². The number of carbonyl (C=O) groups is 1. The quantitative estimate of drug-likeness (QED) is 0.507. The Morgan fingerprint density at radius 1 is 1.14 bits per heavy atom. The summed E-state index contributed by atoms with van der Waals surface area (Å²) in [5, 5.41) is 18.3. The summed E-state index contributed by atoms with van der Waals surface area (Å²) in [7, 11) is 0. The number of benzene rings is 2. The van der Waals surface area contributed by atoms with Crippen molar-refractivity contribution < 1.29 is 9.72 Å². The second-order valence-electron chi connectivity index (χ2n) is 5.85. The average Bonchev–Trinajstić information content (AvgIpc) is 2.70. The summed E-state index contributed by atoms with van der Waals surface area (Å²) in [6.45, 7) is 0.291. The summed E-state index contributed by atoms with van der Waals surface area (Å²) in [5.41, 5.74) is 1.10. The highest BCUT2D eigenvalue weighted by atomic mass is 35.5. The van der Waals surface area contributed by atoms with Crippen LogP contribution in [0.3, 0.4) is 0 Å². The molecule has 0 atom stereocenters. The molecule has 0 fully saturated rings. The van der Waals surface area contributed by atoms with Gasteiger partial charge in [0.15, 0.2) is 0 Å². The fourth-order valence-corrected chi connectivity index (χ4v) is 2.65. The second kappa shape index (κ2) is 8.45. The molecule has 0 unspecified atom stereocenters. The molecular formula is C19H15ClN4O4. The van der Waals surface area contributed by atoms with Crippen LogP contribution < -0.4 is 10.9 Å². The standard InChI is InChI=1S/C19H15ClN4O4/c20-15-6-4-13(5-7-15)17-8-9-18(25)23(22-17)11-10-21-19(26)14-2-1-3-16(12-14)24(27)28/h1-9,12H,10-11H2,(H,21,26). The molecule has 0 radical (unpaired) electrons. The van der Waals surface area contributed by atoms with E-state index in [4.69, 9.17) is 11.6 Å². The van der Waals surface area contributed by atoms with E-state index in [9.17, 15) is 19.7 Å². The zero-order valence-corrected chi connectivity index (χ0v) is 15.3.